The molecule has 1 fully saturated rings. The van der Waals surface area contributed by atoms with Crippen LogP contribution in [0.5, 0.6) is 5.75 Å². The first-order valence-corrected chi connectivity index (χ1v) is 6.34. The van der Waals surface area contributed by atoms with Gasteiger partial charge in [-0.3, -0.25) is 4.79 Å². The minimum atomic E-state index is -0.644. The van der Waals surface area contributed by atoms with E-state index in [0.29, 0.717) is 18.0 Å². The van der Waals surface area contributed by atoms with Gasteiger partial charge in [0.15, 0.2) is 0 Å². The fourth-order valence-electron chi connectivity index (χ4n) is 1.80. The second-order valence-electron chi connectivity index (χ2n) is 4.33. The lowest BCUT2D eigenvalue weighted by Crippen LogP contribution is -2.35. The van der Waals surface area contributed by atoms with Crippen molar-refractivity contribution < 1.29 is 9.53 Å². The third-order valence-corrected chi connectivity index (χ3v) is 3.48. The van der Waals surface area contributed by atoms with E-state index in [-0.39, 0.29) is 10.9 Å². The van der Waals surface area contributed by atoms with Gasteiger partial charge in [-0.05, 0) is 31.9 Å². The van der Waals surface area contributed by atoms with Crippen LogP contribution in [-0.2, 0) is 4.79 Å². The minimum Gasteiger partial charge on any atom is -0.492 e. The van der Waals surface area contributed by atoms with Crippen molar-refractivity contribution in [1.29, 1.82) is 0 Å². The third-order valence-electron chi connectivity index (χ3n) is 3.09. The molecule has 0 bridgehead atoms. The molecule has 2 rings (SSSR count). The standard InChI is InChI=1S/C13H16N2O2S/c1-2-17-10-6-4-3-5-9(10)15-12(16)13(7-8-13)11(14)18/h3-6H,2,7-8H2,1H3,(H2,14,18)(H,15,16). The van der Waals surface area contributed by atoms with E-state index >= 15 is 0 Å². The maximum Gasteiger partial charge on any atom is 0.237 e. The highest BCUT2D eigenvalue weighted by Gasteiger charge is 2.52. The molecule has 1 aromatic carbocycles. The molecule has 0 unspecified atom stereocenters. The average molecular weight is 264 g/mol. The van der Waals surface area contributed by atoms with Crippen LogP contribution in [0.2, 0.25) is 0 Å². The van der Waals surface area contributed by atoms with Crippen molar-refractivity contribution in [3.63, 3.8) is 0 Å². The van der Waals surface area contributed by atoms with E-state index < -0.39 is 5.41 Å². The lowest BCUT2D eigenvalue weighted by Gasteiger charge is -2.16. The van der Waals surface area contributed by atoms with E-state index in [2.05, 4.69) is 5.32 Å². The van der Waals surface area contributed by atoms with Crippen LogP contribution >= 0.6 is 12.2 Å². The molecule has 4 nitrogen and oxygen atoms in total. The maximum absolute atomic E-state index is 12.2. The Labute approximate surface area is 112 Å². The Morgan fingerprint density at radius 1 is 1.50 bits per heavy atom. The largest absolute Gasteiger partial charge is 0.492 e. The zero-order valence-corrected chi connectivity index (χ0v) is 11.0. The Balaban J connectivity index is 2.15. The van der Waals surface area contributed by atoms with Gasteiger partial charge in [0.1, 0.15) is 5.75 Å². The summed E-state index contributed by atoms with van der Waals surface area (Å²) in [5, 5.41) is 2.85. The van der Waals surface area contributed by atoms with E-state index in [1.807, 2.05) is 25.1 Å². The van der Waals surface area contributed by atoms with Crippen molar-refractivity contribution >= 4 is 28.8 Å². The smallest absolute Gasteiger partial charge is 0.237 e. The predicted molar refractivity (Wildman–Crippen MR) is 74.7 cm³/mol. The molecule has 5 heteroatoms. The van der Waals surface area contributed by atoms with Crippen LogP contribution in [0.3, 0.4) is 0 Å². The van der Waals surface area contributed by atoms with Gasteiger partial charge in [0, 0.05) is 0 Å². The van der Waals surface area contributed by atoms with Crippen LogP contribution in [0.25, 0.3) is 0 Å². The number of rotatable bonds is 5. The summed E-state index contributed by atoms with van der Waals surface area (Å²) in [5.74, 6) is 0.522. The molecule has 0 atom stereocenters. The lowest BCUT2D eigenvalue weighted by molar-refractivity contribution is -0.118. The number of thiocarbonyl (C=S) groups is 1. The number of carbonyl (C=O) groups excluding carboxylic acids is 1. The first-order valence-electron chi connectivity index (χ1n) is 5.93. The molecular formula is C13H16N2O2S. The van der Waals surface area contributed by atoms with Crippen LogP contribution < -0.4 is 15.8 Å². The number of anilines is 1. The SMILES string of the molecule is CCOc1ccccc1NC(=O)C1(C(N)=S)CC1. The van der Waals surface area contributed by atoms with E-state index in [1.165, 1.54) is 0 Å². The van der Waals surface area contributed by atoms with E-state index in [1.54, 1.807) is 6.07 Å². The van der Waals surface area contributed by atoms with Crippen molar-refractivity contribution in [1.82, 2.24) is 0 Å². The highest BCUT2D eigenvalue weighted by atomic mass is 32.1. The van der Waals surface area contributed by atoms with E-state index in [0.717, 1.165) is 12.8 Å². The number of para-hydroxylation sites is 2. The Kier molecular flexibility index (Phi) is 3.52. The number of amides is 1. The molecule has 1 amide bonds. The summed E-state index contributed by atoms with van der Waals surface area (Å²) in [6.45, 7) is 2.45. The molecule has 96 valence electrons. The summed E-state index contributed by atoms with van der Waals surface area (Å²) in [7, 11) is 0. The normalized spacial score (nSPS) is 15.8. The summed E-state index contributed by atoms with van der Waals surface area (Å²) < 4.78 is 5.45. The van der Waals surface area contributed by atoms with E-state index in [4.69, 9.17) is 22.7 Å². The molecule has 0 spiro atoms. The fourth-order valence-corrected chi connectivity index (χ4v) is 2.10. The van der Waals surface area contributed by atoms with Crippen LogP contribution in [0, 0.1) is 5.41 Å². The van der Waals surface area contributed by atoms with Gasteiger partial charge in [-0.2, -0.15) is 0 Å². The zero-order chi connectivity index (χ0) is 13.2. The summed E-state index contributed by atoms with van der Waals surface area (Å²) in [6, 6.07) is 7.33. The second-order valence-corrected chi connectivity index (χ2v) is 4.77. The Hall–Kier alpha value is -1.62. The number of nitrogens with one attached hydrogen (secondary N) is 1. The monoisotopic (exact) mass is 264 g/mol. The number of benzene rings is 1. The van der Waals surface area contributed by atoms with Gasteiger partial charge >= 0.3 is 0 Å². The van der Waals surface area contributed by atoms with Gasteiger partial charge in [-0.1, -0.05) is 24.4 Å². The number of hydrogen-bond acceptors (Lipinski definition) is 3. The highest BCUT2D eigenvalue weighted by molar-refractivity contribution is 7.80. The Bertz CT molecular complexity index is 484. The molecule has 0 aliphatic heterocycles. The molecular weight excluding hydrogens is 248 g/mol. The van der Waals surface area contributed by atoms with Crippen LogP contribution in [0.15, 0.2) is 24.3 Å². The summed E-state index contributed by atoms with van der Waals surface area (Å²) in [5.41, 5.74) is 5.64. The quantitative estimate of drug-likeness (QED) is 0.799. The summed E-state index contributed by atoms with van der Waals surface area (Å²) >= 11 is 4.96. The zero-order valence-electron chi connectivity index (χ0n) is 10.2. The third kappa shape index (κ3) is 2.31. The molecule has 1 saturated carbocycles. The minimum absolute atomic E-state index is 0.137. The van der Waals surface area contributed by atoms with Gasteiger partial charge < -0.3 is 15.8 Å². The Morgan fingerprint density at radius 2 is 2.17 bits per heavy atom. The summed E-state index contributed by atoms with van der Waals surface area (Å²) in [4.78, 5) is 12.4. The van der Waals surface area contributed by atoms with Crippen LogP contribution in [0.4, 0.5) is 5.69 Å². The number of ether oxygens (including phenoxy) is 1. The highest BCUT2D eigenvalue weighted by Crippen LogP contribution is 2.47. The average Bonchev–Trinajstić information content (AvgIpc) is 3.13. The van der Waals surface area contributed by atoms with Gasteiger partial charge in [0.2, 0.25) is 5.91 Å². The van der Waals surface area contributed by atoms with Gasteiger partial charge in [-0.25, -0.2) is 0 Å². The predicted octanol–water partition coefficient (Wildman–Crippen LogP) is 2.09. The molecule has 0 radical (unpaired) electrons. The van der Waals surface area contributed by atoms with Crippen molar-refractivity contribution in [3.8, 4) is 5.75 Å². The van der Waals surface area contributed by atoms with Gasteiger partial charge in [0.25, 0.3) is 0 Å². The number of nitrogens with two attached hydrogens (primary N) is 1. The van der Waals surface area contributed by atoms with Crippen molar-refractivity contribution in [2.75, 3.05) is 11.9 Å². The molecule has 0 aromatic heterocycles. The molecule has 1 aromatic rings. The van der Waals surface area contributed by atoms with Crippen LogP contribution in [0.1, 0.15) is 19.8 Å². The van der Waals surface area contributed by atoms with Gasteiger partial charge in [-0.15, -0.1) is 0 Å². The van der Waals surface area contributed by atoms with Crippen LogP contribution in [-0.4, -0.2) is 17.5 Å². The molecule has 1 aliphatic rings. The molecule has 3 N–H and O–H groups in total. The first-order chi connectivity index (χ1) is 8.60. The molecule has 0 heterocycles. The van der Waals surface area contributed by atoms with Crippen molar-refractivity contribution in [2.45, 2.75) is 19.8 Å². The molecule has 1 aliphatic carbocycles. The molecule has 18 heavy (non-hydrogen) atoms. The first kappa shape index (κ1) is 12.8. The number of carbonyl (C=O) groups is 1. The number of hydrogen-bond donors (Lipinski definition) is 2. The Morgan fingerprint density at radius 3 is 2.72 bits per heavy atom. The molecule has 0 saturated heterocycles. The topological polar surface area (TPSA) is 64.3 Å². The fraction of sp³-hybridized carbons (Fsp3) is 0.385. The van der Waals surface area contributed by atoms with Crippen molar-refractivity contribution in [3.05, 3.63) is 24.3 Å². The van der Waals surface area contributed by atoms with Crippen molar-refractivity contribution in [2.24, 2.45) is 11.1 Å². The van der Waals surface area contributed by atoms with Gasteiger partial charge in [0.05, 0.1) is 22.7 Å². The lowest BCUT2D eigenvalue weighted by atomic mass is 10.1. The van der Waals surface area contributed by atoms with E-state index in [9.17, 15) is 4.79 Å². The maximum atomic E-state index is 12.2. The second kappa shape index (κ2) is 4.94. The summed E-state index contributed by atoms with van der Waals surface area (Å²) in [6.07, 6.45) is 1.45.